The lowest BCUT2D eigenvalue weighted by Gasteiger charge is -2.28. The molecule has 1 aliphatic rings. The molecule has 1 rings (SSSR count). The molecule has 1 heterocycles. The highest BCUT2D eigenvalue weighted by Gasteiger charge is 2.16. The maximum Gasteiger partial charge on any atom is 0.0599 e. The van der Waals surface area contributed by atoms with Crippen LogP contribution in [0.2, 0.25) is 0 Å². The minimum absolute atomic E-state index is 0.454. The van der Waals surface area contributed by atoms with Crippen molar-refractivity contribution >= 4 is 0 Å². The van der Waals surface area contributed by atoms with Gasteiger partial charge in [0.15, 0.2) is 0 Å². The third-order valence-electron chi connectivity index (χ3n) is 2.38. The molecule has 0 aromatic carbocycles. The zero-order valence-electron chi connectivity index (χ0n) is 8.50. The standard InChI is InChI=1S/C10H20NO2/c1-11-6-4-10(5-7-11)13-9-3-8-12-2/h10H,1,3-9H2,2H3. The van der Waals surface area contributed by atoms with Crippen molar-refractivity contribution in [2.24, 2.45) is 0 Å². The Hall–Kier alpha value is -0.120. The van der Waals surface area contributed by atoms with Crippen LogP contribution in [0.1, 0.15) is 19.3 Å². The van der Waals surface area contributed by atoms with Crippen molar-refractivity contribution in [2.75, 3.05) is 33.4 Å². The van der Waals surface area contributed by atoms with Crippen molar-refractivity contribution in [3.05, 3.63) is 7.05 Å². The van der Waals surface area contributed by atoms with Crippen LogP contribution in [0.5, 0.6) is 0 Å². The number of nitrogens with zero attached hydrogens (tertiary/aromatic N) is 1. The molecule has 1 fully saturated rings. The molecule has 0 aromatic heterocycles. The maximum atomic E-state index is 5.70. The molecule has 0 aliphatic carbocycles. The van der Waals surface area contributed by atoms with Gasteiger partial charge in [-0.05, 0) is 19.3 Å². The molecule has 0 saturated carbocycles. The molecule has 13 heavy (non-hydrogen) atoms. The Morgan fingerprint density at radius 3 is 2.62 bits per heavy atom. The molecule has 0 aromatic rings. The summed E-state index contributed by atoms with van der Waals surface area (Å²) in [6.45, 7) is 3.76. The Labute approximate surface area is 81.0 Å². The molecular formula is C10H20NO2. The number of hydrogen-bond acceptors (Lipinski definition) is 3. The van der Waals surface area contributed by atoms with E-state index in [0.29, 0.717) is 6.10 Å². The van der Waals surface area contributed by atoms with Crippen molar-refractivity contribution < 1.29 is 9.47 Å². The number of hydrogen-bond donors (Lipinski definition) is 0. The summed E-state index contributed by atoms with van der Waals surface area (Å²) in [5.74, 6) is 0. The van der Waals surface area contributed by atoms with Gasteiger partial charge in [-0.15, -0.1) is 0 Å². The molecule has 0 bridgehead atoms. The molecule has 0 unspecified atom stereocenters. The van der Waals surface area contributed by atoms with Crippen LogP contribution in [0.15, 0.2) is 0 Å². The predicted molar refractivity (Wildman–Crippen MR) is 52.4 cm³/mol. The van der Waals surface area contributed by atoms with Crippen LogP contribution in [0, 0.1) is 7.05 Å². The van der Waals surface area contributed by atoms with Crippen LogP contribution in [0.25, 0.3) is 0 Å². The fourth-order valence-electron chi connectivity index (χ4n) is 1.53. The molecule has 0 spiro atoms. The minimum Gasteiger partial charge on any atom is -0.385 e. The molecule has 1 radical (unpaired) electrons. The monoisotopic (exact) mass is 186 g/mol. The van der Waals surface area contributed by atoms with Gasteiger partial charge in [0, 0.05) is 40.5 Å². The number of ether oxygens (including phenoxy) is 2. The highest BCUT2D eigenvalue weighted by Crippen LogP contribution is 2.12. The number of methoxy groups -OCH3 is 1. The van der Waals surface area contributed by atoms with Crippen molar-refractivity contribution in [1.82, 2.24) is 4.90 Å². The van der Waals surface area contributed by atoms with Gasteiger partial charge >= 0.3 is 0 Å². The van der Waals surface area contributed by atoms with E-state index >= 15 is 0 Å². The van der Waals surface area contributed by atoms with E-state index < -0.39 is 0 Å². The second kappa shape index (κ2) is 6.35. The molecule has 77 valence electrons. The number of piperidine rings is 1. The molecule has 0 amide bonds. The first-order valence-electron chi connectivity index (χ1n) is 4.99. The molecule has 0 N–H and O–H groups in total. The van der Waals surface area contributed by atoms with Gasteiger partial charge in [-0.25, -0.2) is 0 Å². The van der Waals surface area contributed by atoms with Gasteiger partial charge in [0.25, 0.3) is 0 Å². The lowest BCUT2D eigenvalue weighted by molar-refractivity contribution is 0.00707. The van der Waals surface area contributed by atoms with E-state index in [4.69, 9.17) is 9.47 Å². The molecule has 3 heteroatoms. The van der Waals surface area contributed by atoms with Gasteiger partial charge in [-0.1, -0.05) is 0 Å². The van der Waals surface area contributed by atoms with Crippen LogP contribution >= 0.6 is 0 Å². The van der Waals surface area contributed by atoms with E-state index in [-0.39, 0.29) is 0 Å². The third kappa shape index (κ3) is 4.60. The molecule has 1 aliphatic heterocycles. The summed E-state index contributed by atoms with van der Waals surface area (Å²) >= 11 is 0. The van der Waals surface area contributed by atoms with E-state index in [2.05, 4.69) is 11.9 Å². The average Bonchev–Trinajstić information content (AvgIpc) is 2.15. The summed E-state index contributed by atoms with van der Waals surface area (Å²) in [4.78, 5) is 2.11. The van der Waals surface area contributed by atoms with Gasteiger partial charge in [-0.2, -0.15) is 0 Å². The van der Waals surface area contributed by atoms with Crippen LogP contribution in [0.3, 0.4) is 0 Å². The largest absolute Gasteiger partial charge is 0.385 e. The predicted octanol–water partition coefficient (Wildman–Crippen LogP) is 1.30. The van der Waals surface area contributed by atoms with Crippen molar-refractivity contribution in [1.29, 1.82) is 0 Å². The summed E-state index contributed by atoms with van der Waals surface area (Å²) in [5.41, 5.74) is 0. The summed E-state index contributed by atoms with van der Waals surface area (Å²) in [5, 5.41) is 0. The fraction of sp³-hybridized carbons (Fsp3) is 0.900. The number of rotatable bonds is 5. The first-order valence-corrected chi connectivity index (χ1v) is 4.99. The van der Waals surface area contributed by atoms with Crippen molar-refractivity contribution in [3.63, 3.8) is 0 Å². The topological polar surface area (TPSA) is 21.7 Å². The normalized spacial score (nSPS) is 20.8. The lowest BCUT2D eigenvalue weighted by atomic mass is 10.1. The van der Waals surface area contributed by atoms with Crippen LogP contribution in [-0.4, -0.2) is 44.4 Å². The molecule has 3 nitrogen and oxygen atoms in total. The second-order valence-corrected chi connectivity index (χ2v) is 3.53. The van der Waals surface area contributed by atoms with E-state index in [0.717, 1.165) is 45.6 Å². The third-order valence-corrected chi connectivity index (χ3v) is 2.38. The van der Waals surface area contributed by atoms with Crippen LogP contribution in [0.4, 0.5) is 0 Å². The van der Waals surface area contributed by atoms with Gasteiger partial charge in [0.05, 0.1) is 6.10 Å². The highest BCUT2D eigenvalue weighted by molar-refractivity contribution is 4.71. The summed E-state index contributed by atoms with van der Waals surface area (Å²) in [6.07, 6.45) is 3.70. The Balaban J connectivity index is 1.96. The Kier molecular flexibility index (Phi) is 5.35. The van der Waals surface area contributed by atoms with Gasteiger partial charge in [0.2, 0.25) is 0 Å². The minimum atomic E-state index is 0.454. The molecular weight excluding hydrogens is 166 g/mol. The SMILES string of the molecule is [CH2]N1CCC(OCCCOC)CC1. The van der Waals surface area contributed by atoms with Crippen molar-refractivity contribution in [3.8, 4) is 0 Å². The first-order chi connectivity index (χ1) is 6.33. The van der Waals surface area contributed by atoms with Crippen LogP contribution < -0.4 is 0 Å². The highest BCUT2D eigenvalue weighted by atomic mass is 16.5. The summed E-state index contributed by atoms with van der Waals surface area (Å²) in [6, 6.07) is 0. The van der Waals surface area contributed by atoms with E-state index in [9.17, 15) is 0 Å². The maximum absolute atomic E-state index is 5.70. The van der Waals surface area contributed by atoms with E-state index in [1.165, 1.54) is 0 Å². The second-order valence-electron chi connectivity index (χ2n) is 3.53. The summed E-state index contributed by atoms with van der Waals surface area (Å²) < 4.78 is 10.6. The average molecular weight is 186 g/mol. The summed E-state index contributed by atoms with van der Waals surface area (Å²) in [7, 11) is 5.62. The molecule has 0 atom stereocenters. The van der Waals surface area contributed by atoms with E-state index in [1.54, 1.807) is 7.11 Å². The van der Waals surface area contributed by atoms with Crippen LogP contribution in [-0.2, 0) is 9.47 Å². The fourth-order valence-corrected chi connectivity index (χ4v) is 1.53. The Morgan fingerprint density at radius 1 is 1.31 bits per heavy atom. The van der Waals surface area contributed by atoms with E-state index in [1.807, 2.05) is 0 Å². The van der Waals surface area contributed by atoms with Crippen molar-refractivity contribution in [2.45, 2.75) is 25.4 Å². The van der Waals surface area contributed by atoms with Gasteiger partial charge < -0.3 is 14.4 Å². The Bertz CT molecular complexity index is 122. The lowest BCUT2D eigenvalue weighted by Crippen LogP contribution is -2.33. The first kappa shape index (κ1) is 11.0. The Morgan fingerprint density at radius 2 is 2.00 bits per heavy atom. The zero-order valence-corrected chi connectivity index (χ0v) is 8.50. The van der Waals surface area contributed by atoms with Gasteiger partial charge in [-0.3, -0.25) is 0 Å². The van der Waals surface area contributed by atoms with Gasteiger partial charge in [0.1, 0.15) is 0 Å². The quantitative estimate of drug-likeness (QED) is 0.604. The smallest absolute Gasteiger partial charge is 0.0599 e. The zero-order chi connectivity index (χ0) is 9.52. The molecule has 1 saturated heterocycles. The number of likely N-dealkylation sites (tertiary alicyclic amines) is 1.